The van der Waals surface area contributed by atoms with Crippen LogP contribution in [-0.4, -0.2) is 5.78 Å². The summed E-state index contributed by atoms with van der Waals surface area (Å²) in [7, 11) is 0. The number of ether oxygens (including phenoxy) is 1. The highest BCUT2D eigenvalue weighted by Crippen LogP contribution is 2.28. The molecule has 3 rings (SSSR count). The van der Waals surface area contributed by atoms with Crippen LogP contribution < -0.4 is 4.74 Å². The fourth-order valence-corrected chi connectivity index (χ4v) is 3.20. The zero-order chi connectivity index (χ0) is 20.0. The van der Waals surface area contributed by atoms with Crippen LogP contribution in [0.2, 0.25) is 0 Å². The molecule has 27 heavy (non-hydrogen) atoms. The second-order valence-electron chi connectivity index (χ2n) is 7.07. The molecule has 3 aromatic rings. The van der Waals surface area contributed by atoms with E-state index in [9.17, 15) is 4.79 Å². The van der Waals surface area contributed by atoms with Gasteiger partial charge in [-0.2, -0.15) is 0 Å². The van der Waals surface area contributed by atoms with Crippen LogP contribution in [0.15, 0.2) is 60.7 Å². The SMILES string of the molecule is CC(=O)c1c(C)cc(Oc2cc(C)cc(C)c2)cc1C.Cc1ccccc1. The molecule has 0 fully saturated rings. The van der Waals surface area contributed by atoms with Crippen LogP contribution >= 0.6 is 0 Å². The molecule has 0 unspecified atom stereocenters. The molecule has 0 radical (unpaired) electrons. The first-order valence-electron chi connectivity index (χ1n) is 9.16. The molecule has 0 atom stereocenters. The first kappa shape index (κ1) is 20.4. The lowest BCUT2D eigenvalue weighted by atomic mass is 9.99. The molecule has 0 bridgehead atoms. The van der Waals surface area contributed by atoms with E-state index >= 15 is 0 Å². The summed E-state index contributed by atoms with van der Waals surface area (Å²) >= 11 is 0. The molecule has 0 heterocycles. The Bertz CT molecular complexity index is 881. The molecule has 0 aromatic heterocycles. The number of hydrogen-bond acceptors (Lipinski definition) is 2. The zero-order valence-electron chi connectivity index (χ0n) is 17.1. The van der Waals surface area contributed by atoms with Crippen molar-refractivity contribution in [2.45, 2.75) is 41.5 Å². The Morgan fingerprint density at radius 3 is 1.56 bits per heavy atom. The van der Waals surface area contributed by atoms with E-state index in [1.165, 1.54) is 16.7 Å². The lowest BCUT2D eigenvalue weighted by Gasteiger charge is -2.12. The molecule has 3 aromatic carbocycles. The minimum atomic E-state index is 0.0953. The van der Waals surface area contributed by atoms with Crippen molar-refractivity contribution >= 4 is 5.78 Å². The molecule has 140 valence electrons. The lowest BCUT2D eigenvalue weighted by Crippen LogP contribution is -2.00. The van der Waals surface area contributed by atoms with E-state index in [-0.39, 0.29) is 5.78 Å². The molecule has 0 spiro atoms. The van der Waals surface area contributed by atoms with Crippen LogP contribution in [0, 0.1) is 34.6 Å². The number of Topliss-reactive ketones (excluding diaryl/α,β-unsaturated/α-hetero) is 1. The van der Waals surface area contributed by atoms with Gasteiger partial charge in [-0.25, -0.2) is 0 Å². The number of aryl methyl sites for hydroxylation is 5. The average molecular weight is 360 g/mol. The highest BCUT2D eigenvalue weighted by molar-refractivity contribution is 5.97. The Balaban J connectivity index is 0.000000313. The minimum absolute atomic E-state index is 0.0953. The van der Waals surface area contributed by atoms with Crippen molar-refractivity contribution in [2.75, 3.05) is 0 Å². The molecule has 0 amide bonds. The van der Waals surface area contributed by atoms with Gasteiger partial charge in [-0.05, 0) is 88.1 Å². The predicted molar refractivity (Wildman–Crippen MR) is 113 cm³/mol. The molecule has 0 saturated carbocycles. The smallest absolute Gasteiger partial charge is 0.160 e. The van der Waals surface area contributed by atoms with Gasteiger partial charge in [-0.1, -0.05) is 42.0 Å². The molecule has 0 aliphatic heterocycles. The lowest BCUT2D eigenvalue weighted by molar-refractivity contribution is 0.101. The average Bonchev–Trinajstić information content (AvgIpc) is 2.54. The first-order valence-corrected chi connectivity index (χ1v) is 9.16. The van der Waals surface area contributed by atoms with E-state index in [1.807, 2.05) is 56.3 Å². The number of carbonyl (C=O) groups is 1. The quantitative estimate of drug-likeness (QED) is 0.474. The molecule has 0 aliphatic rings. The molecule has 0 aliphatic carbocycles. The largest absolute Gasteiger partial charge is 0.457 e. The van der Waals surface area contributed by atoms with Crippen LogP contribution in [0.25, 0.3) is 0 Å². The maximum absolute atomic E-state index is 11.6. The Morgan fingerprint density at radius 2 is 1.15 bits per heavy atom. The van der Waals surface area contributed by atoms with Crippen molar-refractivity contribution in [3.05, 3.63) is 94.0 Å². The number of benzene rings is 3. The van der Waals surface area contributed by atoms with Gasteiger partial charge in [0, 0.05) is 5.56 Å². The Kier molecular flexibility index (Phi) is 6.95. The number of carbonyl (C=O) groups excluding carboxylic acids is 1. The van der Waals surface area contributed by atoms with Crippen LogP contribution in [0.5, 0.6) is 11.5 Å². The van der Waals surface area contributed by atoms with E-state index in [0.717, 1.165) is 28.2 Å². The minimum Gasteiger partial charge on any atom is -0.457 e. The summed E-state index contributed by atoms with van der Waals surface area (Å²) in [6.45, 7) is 11.7. The Hall–Kier alpha value is -2.87. The van der Waals surface area contributed by atoms with E-state index < -0.39 is 0 Å². The summed E-state index contributed by atoms with van der Waals surface area (Å²) in [5.74, 6) is 1.70. The van der Waals surface area contributed by atoms with Crippen molar-refractivity contribution < 1.29 is 9.53 Å². The molecule has 0 N–H and O–H groups in total. The van der Waals surface area contributed by atoms with Gasteiger partial charge >= 0.3 is 0 Å². The topological polar surface area (TPSA) is 26.3 Å². The maximum atomic E-state index is 11.6. The third kappa shape index (κ3) is 6.10. The zero-order valence-corrected chi connectivity index (χ0v) is 17.1. The fraction of sp³-hybridized carbons (Fsp3) is 0.240. The highest BCUT2D eigenvalue weighted by atomic mass is 16.5. The van der Waals surface area contributed by atoms with Gasteiger partial charge in [0.25, 0.3) is 0 Å². The normalized spacial score (nSPS) is 10.0. The number of ketones is 1. The Morgan fingerprint density at radius 1 is 0.667 bits per heavy atom. The summed E-state index contributed by atoms with van der Waals surface area (Å²) in [6.07, 6.45) is 0. The fourth-order valence-electron chi connectivity index (χ4n) is 3.20. The molecular formula is C25H28O2. The summed E-state index contributed by atoms with van der Waals surface area (Å²) in [4.78, 5) is 11.6. The van der Waals surface area contributed by atoms with Crippen molar-refractivity contribution in [1.82, 2.24) is 0 Å². The van der Waals surface area contributed by atoms with Gasteiger partial charge in [0.15, 0.2) is 5.78 Å². The van der Waals surface area contributed by atoms with Crippen LogP contribution in [0.4, 0.5) is 0 Å². The van der Waals surface area contributed by atoms with E-state index in [1.54, 1.807) is 6.92 Å². The third-order valence-corrected chi connectivity index (χ3v) is 4.23. The van der Waals surface area contributed by atoms with Crippen LogP contribution in [0.1, 0.15) is 45.1 Å². The Labute approximate surface area is 162 Å². The summed E-state index contributed by atoms with van der Waals surface area (Å²) in [5.41, 5.74) is 6.37. The molecule has 0 saturated heterocycles. The standard InChI is InChI=1S/C18H20O2.C7H8/c1-11-6-12(2)8-16(7-11)20-17-9-13(3)18(15(5)19)14(4)10-17;1-7-5-3-2-4-6-7/h6-10H,1-5H3;2-6H,1H3. The van der Waals surface area contributed by atoms with E-state index in [4.69, 9.17) is 4.74 Å². The van der Waals surface area contributed by atoms with Gasteiger partial charge in [-0.3, -0.25) is 4.79 Å². The highest BCUT2D eigenvalue weighted by Gasteiger charge is 2.10. The predicted octanol–water partition coefficient (Wildman–Crippen LogP) is 6.91. The maximum Gasteiger partial charge on any atom is 0.160 e. The molecule has 2 nitrogen and oxygen atoms in total. The van der Waals surface area contributed by atoms with Crippen LogP contribution in [0.3, 0.4) is 0 Å². The second kappa shape index (κ2) is 9.18. The molecule has 2 heteroatoms. The van der Waals surface area contributed by atoms with Gasteiger partial charge in [0.2, 0.25) is 0 Å². The summed E-state index contributed by atoms with van der Waals surface area (Å²) in [6, 6.07) is 20.2. The first-order chi connectivity index (χ1) is 12.8. The third-order valence-electron chi connectivity index (χ3n) is 4.23. The van der Waals surface area contributed by atoms with Gasteiger partial charge in [-0.15, -0.1) is 0 Å². The number of rotatable bonds is 3. The van der Waals surface area contributed by atoms with E-state index in [0.29, 0.717) is 0 Å². The van der Waals surface area contributed by atoms with Gasteiger partial charge in [0.05, 0.1) is 0 Å². The van der Waals surface area contributed by atoms with Crippen molar-refractivity contribution in [2.24, 2.45) is 0 Å². The van der Waals surface area contributed by atoms with E-state index in [2.05, 4.69) is 39.0 Å². The summed E-state index contributed by atoms with van der Waals surface area (Å²) < 4.78 is 5.93. The second-order valence-corrected chi connectivity index (χ2v) is 7.07. The van der Waals surface area contributed by atoms with Crippen molar-refractivity contribution in [1.29, 1.82) is 0 Å². The summed E-state index contributed by atoms with van der Waals surface area (Å²) in [5, 5.41) is 0. The van der Waals surface area contributed by atoms with Crippen LogP contribution in [-0.2, 0) is 0 Å². The van der Waals surface area contributed by atoms with Gasteiger partial charge in [0.1, 0.15) is 11.5 Å². The number of hydrogen-bond donors (Lipinski definition) is 0. The van der Waals surface area contributed by atoms with Crippen molar-refractivity contribution in [3.63, 3.8) is 0 Å². The monoisotopic (exact) mass is 360 g/mol. The van der Waals surface area contributed by atoms with Crippen molar-refractivity contribution in [3.8, 4) is 11.5 Å². The van der Waals surface area contributed by atoms with Gasteiger partial charge < -0.3 is 4.74 Å². The molecular weight excluding hydrogens is 332 g/mol.